The summed E-state index contributed by atoms with van der Waals surface area (Å²) >= 11 is 6.20. The van der Waals surface area contributed by atoms with Crippen molar-refractivity contribution < 1.29 is 9.32 Å². The van der Waals surface area contributed by atoms with Crippen molar-refractivity contribution >= 4 is 34.4 Å². The van der Waals surface area contributed by atoms with Gasteiger partial charge in [0.2, 0.25) is 0 Å². The monoisotopic (exact) mass is 372 g/mol. The Morgan fingerprint density at radius 3 is 2.69 bits per heavy atom. The van der Waals surface area contributed by atoms with Crippen molar-refractivity contribution in [1.82, 2.24) is 15.5 Å². The van der Waals surface area contributed by atoms with E-state index in [-0.39, 0.29) is 12.1 Å². The molecule has 2 aromatic heterocycles. The summed E-state index contributed by atoms with van der Waals surface area (Å²) < 4.78 is 5.16. The Kier molecular flexibility index (Phi) is 5.13. The van der Waals surface area contributed by atoms with Gasteiger partial charge in [0, 0.05) is 22.0 Å². The van der Waals surface area contributed by atoms with Crippen LogP contribution in [0.15, 0.2) is 28.8 Å². The first-order valence-corrected chi connectivity index (χ1v) is 8.78. The number of amides is 2. The highest BCUT2D eigenvalue weighted by atomic mass is 35.5. The van der Waals surface area contributed by atoms with Gasteiger partial charge in [0.15, 0.2) is 0 Å². The van der Waals surface area contributed by atoms with Gasteiger partial charge in [0.25, 0.3) is 0 Å². The molecule has 0 saturated heterocycles. The second-order valence-electron chi connectivity index (χ2n) is 6.46. The van der Waals surface area contributed by atoms with E-state index in [1.807, 2.05) is 45.9 Å². The number of rotatable bonds is 4. The highest BCUT2D eigenvalue weighted by molar-refractivity contribution is 6.35. The molecule has 0 radical (unpaired) electrons. The molecule has 0 aliphatic heterocycles. The lowest BCUT2D eigenvalue weighted by molar-refractivity contribution is 0.249. The van der Waals surface area contributed by atoms with E-state index in [2.05, 4.69) is 20.8 Å². The lowest BCUT2D eigenvalue weighted by Gasteiger charge is -2.14. The van der Waals surface area contributed by atoms with Crippen LogP contribution in [0.1, 0.15) is 29.5 Å². The Labute approximate surface area is 156 Å². The molecule has 0 aliphatic rings. The first kappa shape index (κ1) is 18.2. The van der Waals surface area contributed by atoms with E-state index in [9.17, 15) is 4.79 Å². The van der Waals surface area contributed by atoms with Crippen molar-refractivity contribution in [2.75, 3.05) is 5.32 Å². The quantitative estimate of drug-likeness (QED) is 0.703. The number of nitrogens with one attached hydrogen (secondary N) is 2. The van der Waals surface area contributed by atoms with Crippen LogP contribution in [-0.2, 0) is 6.42 Å². The molecule has 0 bridgehead atoms. The molecule has 2 N–H and O–H groups in total. The van der Waals surface area contributed by atoms with Crippen LogP contribution >= 0.6 is 11.6 Å². The van der Waals surface area contributed by atoms with Crippen molar-refractivity contribution in [1.29, 1.82) is 0 Å². The summed E-state index contributed by atoms with van der Waals surface area (Å²) in [5, 5.41) is 11.1. The number of urea groups is 1. The number of fused-ring (bicyclic) bond motifs is 1. The van der Waals surface area contributed by atoms with Gasteiger partial charge in [-0.15, -0.1) is 0 Å². The maximum atomic E-state index is 12.3. The molecule has 1 aromatic carbocycles. The number of aromatic nitrogens is 2. The second kappa shape index (κ2) is 7.33. The van der Waals surface area contributed by atoms with Crippen molar-refractivity contribution in [3.05, 3.63) is 51.9 Å². The Morgan fingerprint density at radius 2 is 2.00 bits per heavy atom. The van der Waals surface area contributed by atoms with Crippen molar-refractivity contribution in [2.45, 2.75) is 40.2 Å². The summed E-state index contributed by atoms with van der Waals surface area (Å²) in [4.78, 5) is 16.8. The number of hydrogen-bond donors (Lipinski definition) is 2. The maximum Gasteiger partial charge on any atom is 0.320 e. The van der Waals surface area contributed by atoms with Crippen LogP contribution in [0, 0.1) is 20.8 Å². The van der Waals surface area contributed by atoms with Crippen molar-refractivity contribution in [3.63, 3.8) is 0 Å². The van der Waals surface area contributed by atoms with Gasteiger partial charge >= 0.3 is 6.03 Å². The Balaban J connectivity index is 1.68. The van der Waals surface area contributed by atoms with Crippen LogP contribution in [-0.4, -0.2) is 22.2 Å². The van der Waals surface area contributed by atoms with Crippen LogP contribution in [0.4, 0.5) is 10.6 Å². The number of anilines is 1. The van der Waals surface area contributed by atoms with Gasteiger partial charge in [0.05, 0.1) is 11.2 Å². The molecular weight excluding hydrogens is 352 g/mol. The minimum Gasteiger partial charge on any atom is -0.361 e. The average Bonchev–Trinajstić information content (AvgIpc) is 2.90. The maximum absolute atomic E-state index is 12.3. The van der Waals surface area contributed by atoms with E-state index in [0.29, 0.717) is 17.3 Å². The van der Waals surface area contributed by atoms with Crippen molar-refractivity contribution in [3.8, 4) is 0 Å². The number of carbonyl (C=O) groups is 1. The molecule has 0 saturated carbocycles. The van der Waals surface area contributed by atoms with E-state index in [1.54, 1.807) is 6.07 Å². The van der Waals surface area contributed by atoms with E-state index < -0.39 is 0 Å². The number of pyridine rings is 1. The Morgan fingerprint density at radius 1 is 1.23 bits per heavy atom. The third kappa shape index (κ3) is 3.80. The molecule has 3 rings (SSSR count). The fourth-order valence-electron chi connectivity index (χ4n) is 2.92. The van der Waals surface area contributed by atoms with Gasteiger partial charge in [-0.3, -0.25) is 5.32 Å². The fourth-order valence-corrected chi connectivity index (χ4v) is 3.13. The normalized spacial score (nSPS) is 12.2. The van der Waals surface area contributed by atoms with Crippen LogP contribution in [0.5, 0.6) is 0 Å². The molecule has 1 unspecified atom stereocenters. The van der Waals surface area contributed by atoms with E-state index >= 15 is 0 Å². The lowest BCUT2D eigenvalue weighted by atomic mass is 10.1. The summed E-state index contributed by atoms with van der Waals surface area (Å²) in [5.74, 6) is 1.25. The minimum absolute atomic E-state index is 0.0802. The smallest absolute Gasteiger partial charge is 0.320 e. The van der Waals surface area contributed by atoms with Gasteiger partial charge in [-0.25, -0.2) is 9.78 Å². The number of nitrogens with zero attached hydrogens (tertiary/aromatic N) is 2. The molecular formula is C19H21ClN4O2. The summed E-state index contributed by atoms with van der Waals surface area (Å²) in [7, 11) is 0. The lowest BCUT2D eigenvalue weighted by Crippen LogP contribution is -2.37. The van der Waals surface area contributed by atoms with Crippen LogP contribution in [0.25, 0.3) is 10.9 Å². The van der Waals surface area contributed by atoms with Gasteiger partial charge in [-0.2, -0.15) is 0 Å². The summed E-state index contributed by atoms with van der Waals surface area (Å²) in [5.41, 5.74) is 3.64. The number of hydrogen-bond acceptors (Lipinski definition) is 4. The first-order valence-electron chi connectivity index (χ1n) is 8.40. The molecule has 2 heterocycles. The highest BCUT2D eigenvalue weighted by Gasteiger charge is 2.15. The molecule has 6 nitrogen and oxygen atoms in total. The third-order valence-corrected chi connectivity index (χ3v) is 4.65. The SMILES string of the molecule is Cc1noc(C)c1CC(C)NC(=O)Nc1ccc2c(Cl)ccc(C)c2n1. The third-order valence-electron chi connectivity index (χ3n) is 4.32. The molecule has 3 aromatic rings. The van der Waals surface area contributed by atoms with Gasteiger partial charge in [-0.1, -0.05) is 22.8 Å². The predicted molar refractivity (Wildman–Crippen MR) is 103 cm³/mol. The summed E-state index contributed by atoms with van der Waals surface area (Å²) in [6, 6.07) is 6.97. The minimum atomic E-state index is -0.309. The number of aryl methyl sites for hydroxylation is 3. The number of carbonyl (C=O) groups excluding carboxylic acids is 1. The molecule has 0 fully saturated rings. The van der Waals surface area contributed by atoms with Gasteiger partial charge < -0.3 is 9.84 Å². The Bertz CT molecular complexity index is 948. The topological polar surface area (TPSA) is 80.0 Å². The predicted octanol–water partition coefficient (Wildman–Crippen LogP) is 4.55. The molecule has 1 atom stereocenters. The molecule has 7 heteroatoms. The Hall–Kier alpha value is -2.60. The van der Waals surface area contributed by atoms with Crippen LogP contribution < -0.4 is 10.6 Å². The zero-order valence-electron chi connectivity index (χ0n) is 15.2. The summed E-state index contributed by atoms with van der Waals surface area (Å²) in [6.07, 6.45) is 0.647. The van der Waals surface area contributed by atoms with E-state index in [0.717, 1.165) is 33.5 Å². The molecule has 0 spiro atoms. The molecule has 2 amide bonds. The average molecular weight is 373 g/mol. The van der Waals surface area contributed by atoms with E-state index in [4.69, 9.17) is 16.1 Å². The van der Waals surface area contributed by atoms with Gasteiger partial charge in [0.1, 0.15) is 11.6 Å². The van der Waals surface area contributed by atoms with Crippen molar-refractivity contribution in [2.24, 2.45) is 0 Å². The summed E-state index contributed by atoms with van der Waals surface area (Å²) in [6.45, 7) is 7.66. The van der Waals surface area contributed by atoms with Gasteiger partial charge in [-0.05, 0) is 57.9 Å². The zero-order valence-corrected chi connectivity index (χ0v) is 15.9. The standard InChI is InChI=1S/C19H21ClN4O2/c1-10-5-7-16(20)14-6-8-17(22-18(10)14)23-19(25)21-11(2)9-15-12(3)24-26-13(15)4/h5-8,11H,9H2,1-4H3,(H2,21,22,23,25). The van der Waals surface area contributed by atoms with Crippen LogP contribution in [0.2, 0.25) is 5.02 Å². The number of halogens is 1. The molecule has 0 aliphatic carbocycles. The van der Waals surface area contributed by atoms with E-state index in [1.165, 1.54) is 0 Å². The molecule has 136 valence electrons. The number of benzene rings is 1. The van der Waals surface area contributed by atoms with Crippen LogP contribution in [0.3, 0.4) is 0 Å². The largest absolute Gasteiger partial charge is 0.361 e. The fraction of sp³-hybridized carbons (Fsp3) is 0.316. The second-order valence-corrected chi connectivity index (χ2v) is 6.87. The molecule has 26 heavy (non-hydrogen) atoms. The first-order chi connectivity index (χ1) is 12.3. The zero-order chi connectivity index (χ0) is 18.8. The highest BCUT2D eigenvalue weighted by Crippen LogP contribution is 2.26.